The number of Topliss-reactive ketones (excluding diaryl/α,β-unsaturated/α-hetero) is 1. The molecule has 1 nitrogen and oxygen atoms in total. The highest BCUT2D eigenvalue weighted by molar-refractivity contribution is 6.07. The molecule has 3 aromatic carbocycles. The molecule has 0 amide bonds. The van der Waals surface area contributed by atoms with Gasteiger partial charge >= 0.3 is 0 Å². The largest absolute Gasteiger partial charge is 0.293 e. The molecule has 0 unspecified atom stereocenters. The molecular formula is C21H16O. The van der Waals surface area contributed by atoms with Crippen LogP contribution in [0.5, 0.6) is 0 Å². The van der Waals surface area contributed by atoms with Gasteiger partial charge in [-0.15, -0.1) is 0 Å². The quantitative estimate of drug-likeness (QED) is 0.660. The van der Waals surface area contributed by atoms with Gasteiger partial charge in [-0.1, -0.05) is 84.9 Å². The first-order chi connectivity index (χ1) is 10.9. The Labute approximate surface area is 130 Å². The summed E-state index contributed by atoms with van der Waals surface area (Å²) in [5.41, 5.74) is 4.31. The van der Waals surface area contributed by atoms with Crippen molar-refractivity contribution < 1.29 is 4.79 Å². The molecule has 2 atom stereocenters. The average molecular weight is 284 g/mol. The van der Waals surface area contributed by atoms with Crippen LogP contribution >= 0.6 is 0 Å². The van der Waals surface area contributed by atoms with E-state index < -0.39 is 0 Å². The Kier molecular flexibility index (Phi) is 3.12. The molecule has 0 radical (unpaired) electrons. The van der Waals surface area contributed by atoms with Gasteiger partial charge in [-0.3, -0.25) is 4.79 Å². The van der Waals surface area contributed by atoms with Gasteiger partial charge in [0.05, 0.1) is 5.92 Å². The van der Waals surface area contributed by atoms with Crippen molar-refractivity contribution in [3.05, 3.63) is 107 Å². The van der Waals surface area contributed by atoms with E-state index >= 15 is 0 Å². The summed E-state index contributed by atoms with van der Waals surface area (Å²) in [4.78, 5) is 13.0. The van der Waals surface area contributed by atoms with Gasteiger partial charge in [0.25, 0.3) is 0 Å². The van der Waals surface area contributed by atoms with Crippen LogP contribution < -0.4 is 0 Å². The molecule has 3 aromatic rings. The second kappa shape index (κ2) is 5.27. The summed E-state index contributed by atoms with van der Waals surface area (Å²) in [5, 5.41) is 0. The first-order valence-electron chi connectivity index (χ1n) is 7.59. The van der Waals surface area contributed by atoms with Crippen LogP contribution in [0.2, 0.25) is 0 Å². The van der Waals surface area contributed by atoms with E-state index in [0.717, 1.165) is 16.7 Å². The number of rotatable bonds is 2. The zero-order valence-electron chi connectivity index (χ0n) is 12.1. The Balaban J connectivity index is 1.92. The lowest BCUT2D eigenvalue weighted by atomic mass is 9.81. The van der Waals surface area contributed by atoms with E-state index in [0.29, 0.717) is 0 Å². The van der Waals surface area contributed by atoms with Crippen molar-refractivity contribution >= 4 is 5.78 Å². The first kappa shape index (κ1) is 13.0. The summed E-state index contributed by atoms with van der Waals surface area (Å²) in [5.74, 6) is 0.212. The second-order valence-electron chi connectivity index (χ2n) is 5.73. The summed E-state index contributed by atoms with van der Waals surface area (Å²) in [6, 6.07) is 28.5. The molecule has 0 saturated carbocycles. The predicted molar refractivity (Wildman–Crippen MR) is 88.2 cm³/mol. The molecule has 22 heavy (non-hydrogen) atoms. The summed E-state index contributed by atoms with van der Waals surface area (Å²) in [6.45, 7) is 0. The van der Waals surface area contributed by atoms with Gasteiger partial charge in [-0.25, -0.2) is 0 Å². The van der Waals surface area contributed by atoms with Crippen molar-refractivity contribution in [2.45, 2.75) is 11.8 Å². The molecule has 0 saturated heterocycles. The molecule has 4 rings (SSSR count). The van der Waals surface area contributed by atoms with Gasteiger partial charge in [-0.05, 0) is 16.7 Å². The maximum absolute atomic E-state index is 13.0. The Morgan fingerprint density at radius 3 is 1.68 bits per heavy atom. The van der Waals surface area contributed by atoms with E-state index in [1.807, 2.05) is 54.6 Å². The van der Waals surface area contributed by atoms with E-state index in [1.54, 1.807) is 0 Å². The van der Waals surface area contributed by atoms with Crippen LogP contribution in [-0.4, -0.2) is 5.78 Å². The Bertz CT molecular complexity index is 806. The minimum Gasteiger partial charge on any atom is -0.293 e. The van der Waals surface area contributed by atoms with E-state index in [1.165, 1.54) is 5.56 Å². The van der Waals surface area contributed by atoms with Gasteiger partial charge in [0, 0.05) is 11.5 Å². The average Bonchev–Trinajstić information content (AvgIpc) is 2.90. The van der Waals surface area contributed by atoms with Crippen molar-refractivity contribution in [2.75, 3.05) is 0 Å². The molecule has 0 aliphatic heterocycles. The zero-order valence-corrected chi connectivity index (χ0v) is 12.1. The lowest BCUT2D eigenvalue weighted by Crippen LogP contribution is -2.12. The molecule has 106 valence electrons. The summed E-state index contributed by atoms with van der Waals surface area (Å²) < 4.78 is 0. The number of ketones is 1. The van der Waals surface area contributed by atoms with Crippen molar-refractivity contribution in [1.29, 1.82) is 0 Å². The number of carbonyl (C=O) groups excluding carboxylic acids is 1. The summed E-state index contributed by atoms with van der Waals surface area (Å²) in [6.07, 6.45) is 0. The van der Waals surface area contributed by atoms with Crippen LogP contribution in [-0.2, 0) is 0 Å². The molecule has 0 spiro atoms. The monoisotopic (exact) mass is 284 g/mol. The van der Waals surface area contributed by atoms with Crippen LogP contribution in [0, 0.1) is 0 Å². The molecule has 1 aliphatic rings. The molecular weight excluding hydrogens is 268 g/mol. The van der Waals surface area contributed by atoms with Gasteiger partial charge < -0.3 is 0 Å². The molecule has 0 N–H and O–H groups in total. The van der Waals surface area contributed by atoms with Crippen LogP contribution in [0.3, 0.4) is 0 Å². The fourth-order valence-corrected chi connectivity index (χ4v) is 3.53. The molecule has 0 bridgehead atoms. The van der Waals surface area contributed by atoms with Crippen molar-refractivity contribution in [1.82, 2.24) is 0 Å². The fourth-order valence-electron chi connectivity index (χ4n) is 3.53. The maximum Gasteiger partial charge on any atom is 0.171 e. The number of hydrogen-bond donors (Lipinski definition) is 0. The van der Waals surface area contributed by atoms with Crippen LogP contribution in [0.25, 0.3) is 0 Å². The van der Waals surface area contributed by atoms with Gasteiger partial charge in [-0.2, -0.15) is 0 Å². The zero-order chi connectivity index (χ0) is 14.9. The lowest BCUT2D eigenvalue weighted by Gasteiger charge is -2.20. The Morgan fingerprint density at radius 2 is 1.05 bits per heavy atom. The molecule has 0 fully saturated rings. The first-order valence-corrected chi connectivity index (χ1v) is 7.59. The smallest absolute Gasteiger partial charge is 0.171 e. The fraction of sp³-hybridized carbons (Fsp3) is 0.0952. The number of benzene rings is 3. The third-order valence-electron chi connectivity index (χ3n) is 4.49. The SMILES string of the molecule is O=C1c2ccccc2[C@H](c2ccccc2)[C@H]1c1ccccc1. The normalized spacial score (nSPS) is 19.9. The third kappa shape index (κ3) is 1.98. The van der Waals surface area contributed by atoms with Crippen LogP contribution in [0.4, 0.5) is 0 Å². The molecule has 0 aromatic heterocycles. The van der Waals surface area contributed by atoms with Crippen LogP contribution in [0.1, 0.15) is 38.9 Å². The van der Waals surface area contributed by atoms with E-state index in [4.69, 9.17) is 0 Å². The lowest BCUT2D eigenvalue weighted by molar-refractivity contribution is 0.0968. The van der Waals surface area contributed by atoms with Crippen molar-refractivity contribution in [3.63, 3.8) is 0 Å². The summed E-state index contributed by atoms with van der Waals surface area (Å²) >= 11 is 0. The van der Waals surface area contributed by atoms with Gasteiger partial charge in [0.2, 0.25) is 0 Å². The molecule has 1 aliphatic carbocycles. The minimum atomic E-state index is -0.124. The Morgan fingerprint density at radius 1 is 0.545 bits per heavy atom. The highest BCUT2D eigenvalue weighted by atomic mass is 16.1. The van der Waals surface area contributed by atoms with Crippen molar-refractivity contribution in [3.8, 4) is 0 Å². The van der Waals surface area contributed by atoms with Gasteiger partial charge in [0.1, 0.15) is 0 Å². The highest BCUT2D eigenvalue weighted by Crippen LogP contribution is 2.47. The topological polar surface area (TPSA) is 17.1 Å². The van der Waals surface area contributed by atoms with E-state index in [2.05, 4.69) is 30.3 Å². The van der Waals surface area contributed by atoms with Crippen LogP contribution in [0.15, 0.2) is 84.9 Å². The number of hydrogen-bond acceptors (Lipinski definition) is 1. The maximum atomic E-state index is 13.0. The summed E-state index contributed by atoms with van der Waals surface area (Å²) in [7, 11) is 0. The molecule has 1 heteroatoms. The highest BCUT2D eigenvalue weighted by Gasteiger charge is 2.40. The predicted octanol–water partition coefficient (Wildman–Crippen LogP) is 4.80. The van der Waals surface area contributed by atoms with E-state index in [9.17, 15) is 4.79 Å². The number of carbonyl (C=O) groups is 1. The third-order valence-corrected chi connectivity index (χ3v) is 4.49. The number of fused-ring (bicyclic) bond motifs is 1. The standard InChI is InChI=1S/C21H16O/c22-21-18-14-8-7-13-17(18)19(15-9-3-1-4-10-15)20(21)16-11-5-2-6-12-16/h1-14,19-20H/t19-,20+/m0/s1. The molecule has 0 heterocycles. The van der Waals surface area contributed by atoms with Gasteiger partial charge in [0.15, 0.2) is 5.78 Å². The van der Waals surface area contributed by atoms with E-state index in [-0.39, 0.29) is 17.6 Å². The second-order valence-corrected chi connectivity index (χ2v) is 5.73. The Hall–Kier alpha value is -2.67. The minimum absolute atomic E-state index is 0.104. The van der Waals surface area contributed by atoms with Crippen molar-refractivity contribution in [2.24, 2.45) is 0 Å².